The summed E-state index contributed by atoms with van der Waals surface area (Å²) in [5.41, 5.74) is 0.595. The number of aliphatic hydroxyl groups excluding tert-OH is 1. The first-order chi connectivity index (χ1) is 13.9. The van der Waals surface area contributed by atoms with Gasteiger partial charge in [0.2, 0.25) is 5.91 Å². The van der Waals surface area contributed by atoms with Crippen molar-refractivity contribution in [3.8, 4) is 11.5 Å². The molecule has 7 heteroatoms. The fourth-order valence-corrected chi connectivity index (χ4v) is 3.49. The fraction of sp³-hybridized carbons (Fsp3) is 0.409. The Labute approximate surface area is 176 Å². The summed E-state index contributed by atoms with van der Waals surface area (Å²) < 4.78 is 11.8. The van der Waals surface area contributed by atoms with Gasteiger partial charge >= 0.3 is 0 Å². The molecule has 1 saturated heterocycles. The molecule has 0 bridgehead atoms. The Bertz CT molecular complexity index is 815. The minimum absolute atomic E-state index is 0.0761. The van der Waals surface area contributed by atoms with Crippen molar-refractivity contribution < 1.29 is 19.4 Å². The molecule has 0 saturated carbocycles. The van der Waals surface area contributed by atoms with Gasteiger partial charge in [-0.2, -0.15) is 0 Å². The molecule has 1 fully saturated rings. The Morgan fingerprint density at radius 2 is 2.00 bits per heavy atom. The average Bonchev–Trinajstić information content (AvgIpc) is 3.16. The molecule has 6 nitrogen and oxygen atoms in total. The highest BCUT2D eigenvalue weighted by Gasteiger charge is 2.31. The number of nitrogens with one attached hydrogen (secondary N) is 1. The molecule has 2 N–H and O–H groups in total. The van der Waals surface area contributed by atoms with E-state index in [1.165, 1.54) is 6.92 Å². The molecule has 0 aliphatic carbocycles. The van der Waals surface area contributed by atoms with Gasteiger partial charge in [0.1, 0.15) is 30.3 Å². The first-order valence-electron chi connectivity index (χ1n) is 9.76. The molecule has 0 radical (unpaired) electrons. The van der Waals surface area contributed by atoms with E-state index in [0.29, 0.717) is 16.5 Å². The van der Waals surface area contributed by atoms with Crippen molar-refractivity contribution in [2.75, 3.05) is 25.0 Å². The number of aliphatic hydroxyl groups is 1. The van der Waals surface area contributed by atoms with Gasteiger partial charge in [0, 0.05) is 31.1 Å². The van der Waals surface area contributed by atoms with Gasteiger partial charge in [-0.05, 0) is 49.7 Å². The zero-order chi connectivity index (χ0) is 20.8. The van der Waals surface area contributed by atoms with Gasteiger partial charge in [-0.15, -0.1) is 0 Å². The van der Waals surface area contributed by atoms with Crippen LogP contribution in [0.25, 0.3) is 0 Å². The summed E-state index contributed by atoms with van der Waals surface area (Å²) in [6, 6.07) is 14.5. The molecule has 29 heavy (non-hydrogen) atoms. The summed E-state index contributed by atoms with van der Waals surface area (Å²) in [5.74, 6) is 1.17. The van der Waals surface area contributed by atoms with Crippen LogP contribution in [0.15, 0.2) is 48.5 Å². The van der Waals surface area contributed by atoms with Gasteiger partial charge in [-0.3, -0.25) is 9.69 Å². The lowest BCUT2D eigenvalue weighted by atomic mass is 10.1. The Balaban J connectivity index is 1.50. The van der Waals surface area contributed by atoms with E-state index >= 15 is 0 Å². The lowest BCUT2D eigenvalue weighted by Gasteiger charge is -2.28. The largest absolute Gasteiger partial charge is 0.489 e. The number of benzene rings is 2. The second kappa shape index (κ2) is 9.96. The summed E-state index contributed by atoms with van der Waals surface area (Å²) in [6.45, 7) is 5.15. The minimum Gasteiger partial charge on any atom is -0.489 e. The normalized spacial score (nSPS) is 18.8. The molecule has 156 valence electrons. The zero-order valence-electron chi connectivity index (χ0n) is 16.7. The van der Waals surface area contributed by atoms with E-state index < -0.39 is 6.10 Å². The van der Waals surface area contributed by atoms with Crippen molar-refractivity contribution in [1.82, 2.24) is 4.90 Å². The third-order valence-electron chi connectivity index (χ3n) is 5.03. The highest BCUT2D eigenvalue weighted by atomic mass is 35.5. The second-order valence-electron chi connectivity index (χ2n) is 7.27. The number of nitrogens with zero attached hydrogens (tertiary/aromatic N) is 1. The van der Waals surface area contributed by atoms with E-state index in [9.17, 15) is 9.90 Å². The van der Waals surface area contributed by atoms with Crippen LogP contribution in [0, 0.1) is 0 Å². The predicted octanol–water partition coefficient (Wildman–Crippen LogP) is 3.58. The number of hydrogen-bond donors (Lipinski definition) is 2. The van der Waals surface area contributed by atoms with Crippen LogP contribution in [0.5, 0.6) is 11.5 Å². The van der Waals surface area contributed by atoms with Crippen molar-refractivity contribution >= 4 is 23.2 Å². The molecule has 2 aromatic carbocycles. The van der Waals surface area contributed by atoms with Crippen LogP contribution in [0.3, 0.4) is 0 Å². The number of rotatable bonds is 8. The van der Waals surface area contributed by atoms with Crippen LogP contribution < -0.4 is 14.8 Å². The minimum atomic E-state index is -0.672. The molecule has 0 spiro atoms. The lowest BCUT2D eigenvalue weighted by Crippen LogP contribution is -2.43. The van der Waals surface area contributed by atoms with Crippen LogP contribution >= 0.6 is 11.6 Å². The summed E-state index contributed by atoms with van der Waals surface area (Å²) in [4.78, 5) is 13.5. The monoisotopic (exact) mass is 418 g/mol. The molecule has 1 aliphatic rings. The van der Waals surface area contributed by atoms with E-state index in [1.807, 2.05) is 43.3 Å². The predicted molar refractivity (Wildman–Crippen MR) is 114 cm³/mol. The number of anilines is 1. The van der Waals surface area contributed by atoms with E-state index in [2.05, 4.69) is 10.2 Å². The van der Waals surface area contributed by atoms with Crippen molar-refractivity contribution in [3.63, 3.8) is 0 Å². The molecule has 0 aromatic heterocycles. The van der Waals surface area contributed by atoms with Gasteiger partial charge in [-0.25, -0.2) is 0 Å². The Morgan fingerprint density at radius 3 is 2.72 bits per heavy atom. The highest BCUT2D eigenvalue weighted by molar-refractivity contribution is 6.30. The summed E-state index contributed by atoms with van der Waals surface area (Å²) in [6.07, 6.45) is 0.299. The molecule has 1 unspecified atom stereocenters. The molecule has 3 atom stereocenters. The van der Waals surface area contributed by atoms with Crippen LogP contribution in [-0.4, -0.2) is 53.9 Å². The van der Waals surface area contributed by atoms with Crippen molar-refractivity contribution in [2.24, 2.45) is 0 Å². The van der Waals surface area contributed by atoms with Crippen molar-refractivity contribution in [2.45, 2.75) is 38.5 Å². The van der Waals surface area contributed by atoms with Gasteiger partial charge in [0.05, 0.1) is 5.69 Å². The first-order valence-corrected chi connectivity index (χ1v) is 10.1. The molecular weight excluding hydrogens is 392 g/mol. The number of halogens is 1. The topological polar surface area (TPSA) is 71.0 Å². The first kappa shape index (κ1) is 21.4. The maximum atomic E-state index is 11.3. The third-order valence-corrected chi connectivity index (χ3v) is 5.28. The van der Waals surface area contributed by atoms with Gasteiger partial charge in [-0.1, -0.05) is 23.7 Å². The van der Waals surface area contributed by atoms with Gasteiger partial charge in [0.25, 0.3) is 0 Å². The van der Waals surface area contributed by atoms with E-state index in [0.717, 1.165) is 25.3 Å². The molecule has 1 amide bonds. The number of likely N-dealkylation sites (tertiary alicyclic amines) is 1. The maximum absolute atomic E-state index is 11.3. The number of hydrogen-bond acceptors (Lipinski definition) is 5. The standard InChI is InChI=1S/C22H27ClN2O4/c1-15(21(27)14-28-22-6-4-3-5-20(22)24-16(2)26)25-12-11-19(13-25)29-18-9-7-17(23)8-10-18/h3-10,15,19,21,27H,11-14H2,1-2H3,(H,24,26)/t15-,19?,21-/m0/s1. The molecule has 1 heterocycles. The Hall–Kier alpha value is -2.28. The summed E-state index contributed by atoms with van der Waals surface area (Å²) in [5, 5.41) is 14.0. The molecule has 1 aliphatic heterocycles. The molecule has 2 aromatic rings. The van der Waals surface area contributed by atoms with E-state index in [4.69, 9.17) is 21.1 Å². The quantitative estimate of drug-likeness (QED) is 0.685. The van der Waals surface area contributed by atoms with Crippen LogP contribution in [0.2, 0.25) is 5.02 Å². The fourth-order valence-electron chi connectivity index (χ4n) is 3.37. The van der Waals surface area contributed by atoms with Crippen LogP contribution in [0.4, 0.5) is 5.69 Å². The zero-order valence-corrected chi connectivity index (χ0v) is 17.4. The summed E-state index contributed by atoms with van der Waals surface area (Å²) in [7, 11) is 0. The average molecular weight is 419 g/mol. The SMILES string of the molecule is CC(=O)Nc1ccccc1OC[C@H](O)[C@H](C)N1CCC(Oc2ccc(Cl)cc2)C1. The molecule has 3 rings (SSSR count). The van der Waals surface area contributed by atoms with E-state index in [1.54, 1.807) is 12.1 Å². The number of carbonyl (C=O) groups is 1. The maximum Gasteiger partial charge on any atom is 0.221 e. The van der Waals surface area contributed by atoms with Crippen LogP contribution in [0.1, 0.15) is 20.3 Å². The number of carbonyl (C=O) groups excluding carboxylic acids is 1. The number of ether oxygens (including phenoxy) is 2. The van der Waals surface area contributed by atoms with E-state index in [-0.39, 0.29) is 24.7 Å². The number of para-hydroxylation sites is 2. The molecular formula is C22H27ClN2O4. The summed E-state index contributed by atoms with van der Waals surface area (Å²) >= 11 is 5.91. The Morgan fingerprint density at radius 1 is 1.28 bits per heavy atom. The highest BCUT2D eigenvalue weighted by Crippen LogP contribution is 2.25. The second-order valence-corrected chi connectivity index (χ2v) is 7.71. The Kier molecular flexibility index (Phi) is 7.36. The lowest BCUT2D eigenvalue weighted by molar-refractivity contribution is -0.114. The van der Waals surface area contributed by atoms with Gasteiger partial charge < -0.3 is 19.9 Å². The van der Waals surface area contributed by atoms with Gasteiger partial charge in [0.15, 0.2) is 0 Å². The van der Waals surface area contributed by atoms with Crippen LogP contribution in [-0.2, 0) is 4.79 Å². The third kappa shape index (κ3) is 6.10. The van der Waals surface area contributed by atoms with Crippen molar-refractivity contribution in [1.29, 1.82) is 0 Å². The smallest absolute Gasteiger partial charge is 0.221 e. The van der Waals surface area contributed by atoms with Crippen molar-refractivity contribution in [3.05, 3.63) is 53.6 Å². The number of amides is 1.